The molecule has 0 radical (unpaired) electrons. The maximum Gasteiger partial charge on any atom is 0.318 e. The number of nitrogens with one attached hydrogen (secondary N) is 2. The molecular weight excluding hydrogens is 693 g/mol. The van der Waals surface area contributed by atoms with Gasteiger partial charge in [0.2, 0.25) is 0 Å². The van der Waals surface area contributed by atoms with Crippen molar-refractivity contribution in [2.24, 2.45) is 0 Å². The number of aromatic nitrogens is 4. The first kappa shape index (κ1) is 34.4. The Morgan fingerprint density at radius 2 is 0.857 bits per heavy atom. The number of hydrogen-bond acceptors (Lipinski definition) is 5. The standard InChI is InChI=1S/C48H38N6O2/c1-27-9-5-13-31(23-27)41-35-17-18-36(50-35)42(32-14-6-10-28(2)24-32)38-20-22-40(52-38)44(34-16-8-12-30(4)26-34)47-48(54(55)56)45(49)46(53-47)43(39-21-19-37(41)51-39)33-15-7-11-29(3)25-33/h5-26,50,53H,49H2,1-4H3. The summed E-state index contributed by atoms with van der Waals surface area (Å²) in [5.41, 5.74) is 22.8. The van der Waals surface area contributed by atoms with Crippen molar-refractivity contribution in [3.05, 3.63) is 164 Å². The zero-order chi connectivity index (χ0) is 38.7. The Morgan fingerprint density at radius 1 is 0.500 bits per heavy atom. The highest BCUT2D eigenvalue weighted by atomic mass is 16.6. The monoisotopic (exact) mass is 730 g/mol. The van der Waals surface area contributed by atoms with Gasteiger partial charge in [-0.25, -0.2) is 9.97 Å². The third-order valence-corrected chi connectivity index (χ3v) is 10.5. The van der Waals surface area contributed by atoms with Gasteiger partial charge in [-0.05, 0) is 86.4 Å². The Morgan fingerprint density at radius 3 is 1.23 bits per heavy atom. The third-order valence-electron chi connectivity index (χ3n) is 10.5. The van der Waals surface area contributed by atoms with Crippen molar-refractivity contribution in [1.29, 1.82) is 0 Å². The molecule has 0 unspecified atom stereocenters. The van der Waals surface area contributed by atoms with E-state index in [0.717, 1.165) is 78.1 Å². The number of aromatic amines is 2. The van der Waals surface area contributed by atoms with Crippen LogP contribution in [-0.4, -0.2) is 24.9 Å². The van der Waals surface area contributed by atoms with Gasteiger partial charge in [0, 0.05) is 33.3 Å². The molecule has 8 nitrogen and oxygen atoms in total. The van der Waals surface area contributed by atoms with Crippen LogP contribution in [0, 0.1) is 37.8 Å². The number of benzene rings is 4. The van der Waals surface area contributed by atoms with Gasteiger partial charge in [0.1, 0.15) is 11.2 Å². The minimum atomic E-state index is -0.399. The molecule has 3 aromatic heterocycles. The molecule has 0 aliphatic carbocycles. The van der Waals surface area contributed by atoms with Gasteiger partial charge in [-0.1, -0.05) is 119 Å². The molecule has 0 spiro atoms. The number of aryl methyl sites for hydroxylation is 4. The average molecular weight is 731 g/mol. The van der Waals surface area contributed by atoms with Crippen LogP contribution in [0.4, 0.5) is 11.4 Å². The fourth-order valence-corrected chi connectivity index (χ4v) is 7.97. The summed E-state index contributed by atoms with van der Waals surface area (Å²) in [7, 11) is 0. The number of fused-ring (bicyclic) bond motifs is 8. The second kappa shape index (κ2) is 13.5. The first-order valence-electron chi connectivity index (χ1n) is 18.5. The second-order valence-electron chi connectivity index (χ2n) is 14.6. The molecule has 9 rings (SSSR count). The predicted octanol–water partition coefficient (Wildman–Crippen LogP) is 12.0. The van der Waals surface area contributed by atoms with Crippen LogP contribution in [0.3, 0.4) is 0 Å². The molecule has 5 heterocycles. The molecule has 56 heavy (non-hydrogen) atoms. The summed E-state index contributed by atoms with van der Waals surface area (Å²) < 4.78 is 0. The lowest BCUT2D eigenvalue weighted by Gasteiger charge is -2.08. The smallest absolute Gasteiger partial charge is 0.318 e. The largest absolute Gasteiger partial charge is 0.391 e. The van der Waals surface area contributed by atoms with E-state index in [4.69, 9.17) is 15.7 Å². The number of hydrogen-bond donors (Lipinski definition) is 3. The van der Waals surface area contributed by atoms with Gasteiger partial charge >= 0.3 is 5.69 Å². The van der Waals surface area contributed by atoms with Crippen LogP contribution in [0.25, 0.3) is 90.9 Å². The summed E-state index contributed by atoms with van der Waals surface area (Å²) in [5, 5.41) is 13.2. The van der Waals surface area contributed by atoms with Crippen molar-refractivity contribution in [2.75, 3.05) is 5.73 Å². The van der Waals surface area contributed by atoms with Gasteiger partial charge in [0.25, 0.3) is 0 Å². The van der Waals surface area contributed by atoms with E-state index >= 15 is 0 Å². The number of H-pyrrole nitrogens is 2. The van der Waals surface area contributed by atoms with Crippen molar-refractivity contribution in [3.8, 4) is 44.5 Å². The third kappa shape index (κ3) is 5.97. The number of nitrogens with zero attached hydrogens (tertiary/aromatic N) is 3. The van der Waals surface area contributed by atoms with Crippen LogP contribution < -0.4 is 5.73 Å². The predicted molar refractivity (Wildman–Crippen MR) is 231 cm³/mol. The number of nitrogen functional groups attached to an aromatic ring is 1. The van der Waals surface area contributed by atoms with E-state index in [0.29, 0.717) is 28.0 Å². The summed E-state index contributed by atoms with van der Waals surface area (Å²) in [6, 6.07) is 36.9. The van der Waals surface area contributed by atoms with E-state index in [1.807, 2.05) is 86.7 Å². The van der Waals surface area contributed by atoms with E-state index in [-0.39, 0.29) is 16.9 Å². The van der Waals surface area contributed by atoms with Crippen LogP contribution in [-0.2, 0) is 0 Å². The molecule has 7 aromatic rings. The Bertz CT molecular complexity index is 3020. The van der Waals surface area contributed by atoms with Gasteiger partial charge in [-0.2, -0.15) is 0 Å². The van der Waals surface area contributed by atoms with Crippen molar-refractivity contribution in [3.63, 3.8) is 0 Å². The fourth-order valence-electron chi connectivity index (χ4n) is 7.97. The lowest BCUT2D eigenvalue weighted by molar-refractivity contribution is -0.382. The summed E-state index contributed by atoms with van der Waals surface area (Å²) in [6.07, 6.45) is 7.90. The van der Waals surface area contributed by atoms with Gasteiger partial charge in [-0.15, -0.1) is 0 Å². The van der Waals surface area contributed by atoms with Crippen LogP contribution >= 0.6 is 0 Å². The van der Waals surface area contributed by atoms with Gasteiger partial charge in [-0.3, -0.25) is 10.1 Å². The highest BCUT2D eigenvalue weighted by Gasteiger charge is 2.28. The maximum absolute atomic E-state index is 13.2. The van der Waals surface area contributed by atoms with Crippen LogP contribution in [0.2, 0.25) is 0 Å². The molecule has 8 bridgehead atoms. The minimum absolute atomic E-state index is 0.0239. The first-order chi connectivity index (χ1) is 27.1. The highest BCUT2D eigenvalue weighted by Crippen LogP contribution is 2.44. The quantitative estimate of drug-likeness (QED) is 0.120. The Hall–Kier alpha value is -7.32. The number of anilines is 1. The molecule has 4 aromatic carbocycles. The molecular formula is C48H38N6O2. The molecule has 272 valence electrons. The van der Waals surface area contributed by atoms with Crippen molar-refractivity contribution in [1.82, 2.24) is 19.9 Å². The van der Waals surface area contributed by atoms with Crippen molar-refractivity contribution in [2.45, 2.75) is 27.7 Å². The second-order valence-corrected chi connectivity index (χ2v) is 14.6. The van der Waals surface area contributed by atoms with E-state index in [9.17, 15) is 10.1 Å². The number of nitrogens with two attached hydrogens (primary N) is 1. The van der Waals surface area contributed by atoms with E-state index in [1.165, 1.54) is 0 Å². The molecule has 0 fully saturated rings. The SMILES string of the molecule is Cc1cccc(-c2c3nc(c(-c4cccc(C)c4)c4[nH]c(c(-c5cccc(C)c5)c5nc(c(-c6cccc(C)c6)c6ccc2[nH]6)C=C5)c([N+](=O)[O-])c4N)C=C3)c1. The topological polar surface area (TPSA) is 127 Å². The fraction of sp³-hybridized carbons (Fsp3) is 0.0833. The number of rotatable bonds is 5. The summed E-state index contributed by atoms with van der Waals surface area (Å²) >= 11 is 0. The summed E-state index contributed by atoms with van der Waals surface area (Å²) in [5.74, 6) is 0. The van der Waals surface area contributed by atoms with Crippen LogP contribution in [0.1, 0.15) is 45.0 Å². The molecule has 4 N–H and O–H groups in total. The Kier molecular flexibility index (Phi) is 8.31. The van der Waals surface area contributed by atoms with Crippen LogP contribution in [0.15, 0.2) is 109 Å². The average Bonchev–Trinajstić information content (AvgIpc) is 3.99. The molecule has 0 atom stereocenters. The van der Waals surface area contributed by atoms with Gasteiger partial charge in [0.15, 0.2) is 0 Å². The van der Waals surface area contributed by atoms with E-state index in [1.54, 1.807) is 0 Å². The molecule has 0 saturated carbocycles. The maximum atomic E-state index is 13.2. The molecule has 2 aliphatic rings. The minimum Gasteiger partial charge on any atom is -0.391 e. The zero-order valence-electron chi connectivity index (χ0n) is 31.4. The summed E-state index contributed by atoms with van der Waals surface area (Å²) in [4.78, 5) is 30.7. The molecule has 0 saturated heterocycles. The van der Waals surface area contributed by atoms with Gasteiger partial charge < -0.3 is 15.7 Å². The van der Waals surface area contributed by atoms with Crippen molar-refractivity contribution < 1.29 is 4.92 Å². The highest BCUT2D eigenvalue weighted by molar-refractivity contribution is 6.07. The zero-order valence-corrected chi connectivity index (χ0v) is 31.4. The summed E-state index contributed by atoms with van der Waals surface area (Å²) in [6.45, 7) is 8.18. The normalized spacial score (nSPS) is 12.0. The first-order valence-corrected chi connectivity index (χ1v) is 18.5. The van der Waals surface area contributed by atoms with Crippen molar-refractivity contribution >= 4 is 57.7 Å². The Balaban J connectivity index is 1.56. The van der Waals surface area contributed by atoms with Crippen LogP contribution in [0.5, 0.6) is 0 Å². The number of nitro groups is 1. The van der Waals surface area contributed by atoms with E-state index < -0.39 is 4.92 Å². The Labute approximate surface area is 323 Å². The molecule has 8 heteroatoms. The lowest BCUT2D eigenvalue weighted by atomic mass is 10.0. The van der Waals surface area contributed by atoms with Gasteiger partial charge in [0.05, 0.1) is 33.2 Å². The molecule has 0 amide bonds. The lowest BCUT2D eigenvalue weighted by Crippen LogP contribution is -1.95. The van der Waals surface area contributed by atoms with E-state index in [2.05, 4.69) is 84.5 Å². The molecule has 2 aliphatic heterocycles.